The first-order valence-corrected chi connectivity index (χ1v) is 10.7. The fraction of sp³-hybridized carbons (Fsp3) is 0.182. The number of benzene rings is 3. The van der Waals surface area contributed by atoms with Crippen LogP contribution in [0.1, 0.15) is 23.6 Å². The van der Waals surface area contributed by atoms with Crippen LogP contribution in [-0.4, -0.2) is 34.5 Å². The molecular weight excluding hydrogens is 491 g/mol. The summed E-state index contributed by atoms with van der Waals surface area (Å²) in [6.45, 7) is 1.77. The Labute approximate surface area is 214 Å². The van der Waals surface area contributed by atoms with Gasteiger partial charge in [-0.05, 0) is 60.0 Å². The molecule has 0 heterocycles. The molecule has 0 amide bonds. The summed E-state index contributed by atoms with van der Waals surface area (Å²) in [6.07, 6.45) is -5.60. The van der Waals surface area contributed by atoms with Crippen LogP contribution in [0.5, 0.6) is 17.2 Å². The average Bonchev–Trinajstić information content (AvgIpc) is 2.73. The Bertz CT molecular complexity index is 1190. The molecule has 3 aromatic rings. The smallest absolute Gasteiger partial charge is 0.743 e. The Hall–Kier alpha value is -2.31. The standard InChI is InChI=1S/C22H18F4O6S.Na/c1-20(14-2-8-17(27)9-3-14,15-4-10-18(28)11-5-15)16-6-12-19(13-7-16)32-21(23,24)22(25,26)33(29,30)31;/h2-13,27-28H,1H3,(H,29,30,31);/q;+1/p-1. The molecule has 0 aliphatic carbocycles. The van der Waals surface area contributed by atoms with Gasteiger partial charge in [0.1, 0.15) is 17.2 Å². The van der Waals surface area contributed by atoms with Crippen molar-refractivity contribution in [3.63, 3.8) is 0 Å². The number of phenols is 2. The zero-order valence-corrected chi connectivity index (χ0v) is 20.7. The van der Waals surface area contributed by atoms with Crippen molar-refractivity contribution in [1.82, 2.24) is 0 Å². The van der Waals surface area contributed by atoms with Crippen LogP contribution in [0.15, 0.2) is 72.8 Å². The molecule has 0 saturated carbocycles. The Morgan fingerprint density at radius 1 is 0.735 bits per heavy atom. The summed E-state index contributed by atoms with van der Waals surface area (Å²) in [5.41, 5.74) is 0.853. The van der Waals surface area contributed by atoms with E-state index in [0.29, 0.717) is 16.7 Å². The third-order valence-electron chi connectivity index (χ3n) is 5.22. The quantitative estimate of drug-likeness (QED) is 0.217. The Morgan fingerprint density at radius 2 is 1.06 bits per heavy atom. The normalized spacial score (nSPS) is 12.6. The first-order chi connectivity index (χ1) is 15.2. The molecule has 0 aromatic heterocycles. The van der Waals surface area contributed by atoms with Crippen molar-refractivity contribution in [2.45, 2.75) is 23.7 Å². The molecule has 3 rings (SSSR count). The van der Waals surface area contributed by atoms with E-state index in [1.165, 1.54) is 36.4 Å². The van der Waals surface area contributed by atoms with Gasteiger partial charge in [0.15, 0.2) is 10.1 Å². The molecule has 0 fully saturated rings. The maximum absolute atomic E-state index is 13.7. The maximum Gasteiger partial charge on any atom is 1.00 e. The van der Waals surface area contributed by atoms with Gasteiger partial charge in [0.2, 0.25) is 0 Å². The molecule has 0 unspecified atom stereocenters. The van der Waals surface area contributed by atoms with Crippen LogP contribution in [0.25, 0.3) is 0 Å². The van der Waals surface area contributed by atoms with Crippen molar-refractivity contribution in [3.8, 4) is 17.2 Å². The Morgan fingerprint density at radius 3 is 1.38 bits per heavy atom. The number of phenolic OH excluding ortho intramolecular Hbond substituents is 2. The van der Waals surface area contributed by atoms with Crippen molar-refractivity contribution in [2.75, 3.05) is 0 Å². The predicted octanol–water partition coefficient (Wildman–Crippen LogP) is 1.57. The maximum atomic E-state index is 13.7. The number of halogens is 4. The summed E-state index contributed by atoms with van der Waals surface area (Å²) in [4.78, 5) is 0. The molecule has 6 nitrogen and oxygen atoms in total. The molecule has 0 radical (unpaired) electrons. The van der Waals surface area contributed by atoms with Crippen molar-refractivity contribution in [1.29, 1.82) is 0 Å². The minimum absolute atomic E-state index is 0. The van der Waals surface area contributed by atoms with Crippen molar-refractivity contribution in [2.24, 2.45) is 0 Å². The summed E-state index contributed by atoms with van der Waals surface area (Å²) in [7, 11) is -6.69. The van der Waals surface area contributed by atoms with Gasteiger partial charge in [-0.15, -0.1) is 0 Å². The fourth-order valence-corrected chi connectivity index (χ4v) is 3.63. The summed E-state index contributed by atoms with van der Waals surface area (Å²) in [5, 5.41) is 13.3. The van der Waals surface area contributed by atoms with Crippen LogP contribution in [-0.2, 0) is 15.5 Å². The molecule has 2 N–H and O–H groups in total. The third kappa shape index (κ3) is 5.18. The van der Waals surface area contributed by atoms with Crippen LogP contribution in [0.2, 0.25) is 0 Å². The summed E-state index contributed by atoms with van der Waals surface area (Å²) in [5.74, 6) is -0.787. The van der Waals surface area contributed by atoms with Crippen LogP contribution in [0, 0.1) is 0 Å². The molecule has 3 aromatic carbocycles. The van der Waals surface area contributed by atoms with Gasteiger partial charge in [-0.2, -0.15) is 17.6 Å². The van der Waals surface area contributed by atoms with E-state index in [-0.39, 0.29) is 41.1 Å². The first kappa shape index (κ1) is 27.9. The second-order valence-electron chi connectivity index (χ2n) is 7.33. The number of rotatable bonds is 7. The van der Waals surface area contributed by atoms with Crippen LogP contribution in [0.4, 0.5) is 17.6 Å². The number of hydrogen-bond acceptors (Lipinski definition) is 6. The van der Waals surface area contributed by atoms with Crippen LogP contribution >= 0.6 is 0 Å². The van der Waals surface area contributed by atoms with E-state index in [0.717, 1.165) is 12.1 Å². The SMILES string of the molecule is CC(c1ccc(O)cc1)(c1ccc(O)cc1)c1ccc(OC(F)(F)C(F)(F)S(=O)(=O)[O-])cc1.[Na+]. The van der Waals surface area contributed by atoms with Gasteiger partial charge < -0.3 is 19.5 Å². The minimum Gasteiger partial charge on any atom is -0.743 e. The zero-order valence-electron chi connectivity index (χ0n) is 17.9. The van der Waals surface area contributed by atoms with E-state index >= 15 is 0 Å². The summed E-state index contributed by atoms with van der Waals surface area (Å²) in [6, 6.07) is 16.7. The average molecular weight is 508 g/mol. The summed E-state index contributed by atoms with van der Waals surface area (Å²) >= 11 is 0. The monoisotopic (exact) mass is 508 g/mol. The van der Waals surface area contributed by atoms with Gasteiger partial charge in [-0.25, -0.2) is 8.42 Å². The second kappa shape index (κ2) is 9.74. The largest absolute Gasteiger partial charge is 1.00 e. The zero-order chi connectivity index (χ0) is 24.7. The van der Waals surface area contributed by atoms with Gasteiger partial charge in [-0.3, -0.25) is 0 Å². The molecule has 0 spiro atoms. The molecule has 0 aliphatic heterocycles. The minimum atomic E-state index is -6.69. The molecule has 0 aliphatic rings. The van der Waals surface area contributed by atoms with Crippen molar-refractivity contribution >= 4 is 10.1 Å². The topological polar surface area (TPSA) is 107 Å². The van der Waals surface area contributed by atoms with Crippen LogP contribution in [0.3, 0.4) is 0 Å². The molecule has 34 heavy (non-hydrogen) atoms. The van der Waals surface area contributed by atoms with Crippen molar-refractivity contribution < 1.29 is 75.0 Å². The van der Waals surface area contributed by atoms with Gasteiger partial charge in [-0.1, -0.05) is 36.4 Å². The number of hydrogen-bond donors (Lipinski definition) is 2. The molecular formula is C22H17F4NaO6S. The predicted molar refractivity (Wildman–Crippen MR) is 108 cm³/mol. The number of ether oxygens (including phenoxy) is 1. The van der Waals surface area contributed by atoms with Gasteiger partial charge in [0, 0.05) is 5.41 Å². The second-order valence-corrected chi connectivity index (χ2v) is 8.75. The van der Waals surface area contributed by atoms with E-state index in [4.69, 9.17) is 0 Å². The Balaban J connectivity index is 0.00000408. The fourth-order valence-electron chi connectivity index (χ4n) is 3.30. The Kier molecular flexibility index (Phi) is 8.01. The van der Waals surface area contributed by atoms with E-state index in [1.807, 2.05) is 0 Å². The van der Waals surface area contributed by atoms with Gasteiger partial charge in [0.05, 0.1) is 0 Å². The molecule has 0 atom stereocenters. The number of aromatic hydroxyl groups is 2. The first-order valence-electron chi connectivity index (χ1n) is 9.28. The van der Waals surface area contributed by atoms with E-state index < -0.39 is 32.6 Å². The summed E-state index contributed by atoms with van der Waals surface area (Å²) < 4.78 is 89.6. The van der Waals surface area contributed by atoms with Gasteiger partial charge >= 0.3 is 40.9 Å². The van der Waals surface area contributed by atoms with E-state index in [2.05, 4.69) is 4.74 Å². The number of alkyl halides is 4. The molecule has 0 saturated heterocycles. The van der Waals surface area contributed by atoms with E-state index in [1.54, 1.807) is 31.2 Å². The third-order valence-corrected chi connectivity index (χ3v) is 6.09. The molecule has 176 valence electrons. The van der Waals surface area contributed by atoms with Crippen molar-refractivity contribution in [3.05, 3.63) is 89.5 Å². The van der Waals surface area contributed by atoms with Gasteiger partial charge in [0.25, 0.3) is 0 Å². The molecule has 12 heteroatoms. The van der Waals surface area contributed by atoms with Crippen LogP contribution < -0.4 is 34.3 Å². The van der Waals surface area contributed by atoms with E-state index in [9.17, 15) is 40.7 Å². The molecule has 0 bridgehead atoms.